The van der Waals surface area contributed by atoms with Gasteiger partial charge in [-0.3, -0.25) is 8.42 Å². The molecule has 0 saturated heterocycles. The first-order valence-corrected chi connectivity index (χ1v) is 2.00. The molecule has 0 aromatic carbocycles. The molecule has 7 heavy (non-hydrogen) atoms. The summed E-state index contributed by atoms with van der Waals surface area (Å²) in [6, 6.07) is 0. The molecule has 40 valence electrons. The number of hydrogen-bond acceptors (Lipinski definition) is 4. The minimum absolute atomic E-state index is 0. The van der Waals surface area contributed by atoms with E-state index in [2.05, 4.69) is 0 Å². The second-order valence-electron chi connectivity index (χ2n) is 0.408. The first-order chi connectivity index (χ1) is 2.00. The van der Waals surface area contributed by atoms with Crippen LogP contribution in [0.5, 0.6) is 0 Å². The summed E-state index contributed by atoms with van der Waals surface area (Å²) in [5.41, 5.74) is 0. The summed E-state index contributed by atoms with van der Waals surface area (Å²) in [6.07, 6.45) is 0. The van der Waals surface area contributed by atoms with Crippen molar-refractivity contribution in [1.29, 1.82) is 0 Å². The van der Waals surface area contributed by atoms with Crippen LogP contribution in [0.4, 0.5) is 0 Å². The van der Waals surface area contributed by atoms with Crippen LogP contribution in [-0.4, -0.2) is 23.0 Å². The molecule has 0 aromatic rings. The van der Waals surface area contributed by atoms with Crippen molar-refractivity contribution in [2.75, 3.05) is 0 Å². The number of hydrogen-bond donors (Lipinski definition) is 0. The Hall–Kier alpha value is 1.19. The normalized spacial score (nSPS) is 8.29. The van der Waals surface area contributed by atoms with Gasteiger partial charge in [0.05, 0.1) is 0 Å². The summed E-state index contributed by atoms with van der Waals surface area (Å²) >= 11 is 0. The molecule has 0 aromatic heterocycles. The van der Waals surface area contributed by atoms with Gasteiger partial charge in [0.2, 0.25) is 0 Å². The summed E-state index contributed by atoms with van der Waals surface area (Å²) in [5.74, 6) is 0. The van der Waals surface area contributed by atoms with Crippen LogP contribution in [0.3, 0.4) is 0 Å². The van der Waals surface area contributed by atoms with Crippen molar-refractivity contribution >= 4 is 10.4 Å². The van der Waals surface area contributed by atoms with Crippen molar-refractivity contribution in [2.45, 2.75) is 0 Å². The van der Waals surface area contributed by atoms with E-state index in [4.69, 9.17) is 17.5 Å². The van der Waals surface area contributed by atoms with Crippen molar-refractivity contribution < 1.29 is 64.3 Å². The van der Waals surface area contributed by atoms with Gasteiger partial charge >= 0.3 is 41.3 Å². The maximum absolute atomic E-state index is 8.52. The van der Waals surface area contributed by atoms with Gasteiger partial charge in [0.25, 0.3) is 0 Å². The van der Waals surface area contributed by atoms with Crippen LogP contribution in [0.25, 0.3) is 0 Å². The van der Waals surface area contributed by atoms with Crippen LogP contribution >= 0.6 is 0 Å². The van der Waals surface area contributed by atoms with Crippen molar-refractivity contribution in [1.82, 2.24) is 0 Å². The predicted octanol–water partition coefficient (Wildman–Crippen LogP) is -2.16. The minimum atomic E-state index is -5.17. The molecule has 0 aliphatic rings. The zero-order valence-electron chi connectivity index (χ0n) is 3.12. The topological polar surface area (TPSA) is 112 Å². The van der Waals surface area contributed by atoms with Gasteiger partial charge in [-0.25, -0.2) is 0 Å². The fourth-order valence-electron chi connectivity index (χ4n) is 0. The minimum Gasteiger partial charge on any atom is -0.759 e. The summed E-state index contributed by atoms with van der Waals surface area (Å²) < 4.78 is 34.1. The standard InChI is InChI=1S/H2O4S.H2O.Pr/c1-5(2,3)4;;/h(H2,1,2,3,4);1H2;/q;;+3/p-2. The van der Waals surface area contributed by atoms with Crippen molar-refractivity contribution in [2.24, 2.45) is 0 Å². The van der Waals surface area contributed by atoms with Crippen LogP contribution < -0.4 is 0 Å². The molecule has 0 amide bonds. The molecule has 0 unspecified atom stereocenters. The molecule has 0 aliphatic heterocycles. The third-order valence-electron chi connectivity index (χ3n) is 0. The van der Waals surface area contributed by atoms with Crippen LogP contribution in [0.1, 0.15) is 0 Å². The summed E-state index contributed by atoms with van der Waals surface area (Å²) in [6.45, 7) is 0. The van der Waals surface area contributed by atoms with Gasteiger partial charge in [-0.2, -0.15) is 0 Å². The number of rotatable bonds is 0. The molecule has 2 N–H and O–H groups in total. The molecule has 5 nitrogen and oxygen atoms in total. The van der Waals surface area contributed by atoms with E-state index in [9.17, 15) is 0 Å². The van der Waals surface area contributed by atoms with Gasteiger partial charge in [0, 0.05) is 10.4 Å². The molecule has 7 heteroatoms. The molecule has 0 radical (unpaired) electrons. The Bertz CT molecular complexity index is 91.2. The van der Waals surface area contributed by atoms with E-state index >= 15 is 0 Å². The smallest absolute Gasteiger partial charge is 0.759 e. The van der Waals surface area contributed by atoms with E-state index in [1.807, 2.05) is 0 Å². The molecule has 0 rings (SSSR count). The van der Waals surface area contributed by atoms with Crippen molar-refractivity contribution in [3.8, 4) is 0 Å². The summed E-state index contributed by atoms with van der Waals surface area (Å²) in [4.78, 5) is 0. The monoisotopic (exact) mass is 255 g/mol. The van der Waals surface area contributed by atoms with Gasteiger partial charge < -0.3 is 14.6 Å². The van der Waals surface area contributed by atoms with Crippen LogP contribution in [0.2, 0.25) is 0 Å². The Balaban J connectivity index is -0.0000000800. The fourth-order valence-corrected chi connectivity index (χ4v) is 0. The molecule has 0 fully saturated rings. The average Bonchev–Trinajstić information content (AvgIpc) is 0.722. The van der Waals surface area contributed by atoms with E-state index in [0.717, 1.165) is 0 Å². The zero-order chi connectivity index (χ0) is 4.50. The Morgan fingerprint density at radius 1 is 1.14 bits per heavy atom. The van der Waals surface area contributed by atoms with E-state index in [1.165, 1.54) is 0 Å². The van der Waals surface area contributed by atoms with E-state index in [1.54, 1.807) is 0 Å². The second-order valence-corrected chi connectivity index (χ2v) is 1.22. The quantitative estimate of drug-likeness (QED) is 0.362. The van der Waals surface area contributed by atoms with Gasteiger partial charge in [-0.05, 0) is 0 Å². The summed E-state index contributed by atoms with van der Waals surface area (Å²) in [5, 5.41) is 0. The largest absolute Gasteiger partial charge is 3.00 e. The van der Waals surface area contributed by atoms with E-state index in [0.29, 0.717) is 0 Å². The van der Waals surface area contributed by atoms with Crippen molar-refractivity contribution in [3.05, 3.63) is 0 Å². The van der Waals surface area contributed by atoms with Gasteiger partial charge in [0.15, 0.2) is 0 Å². The van der Waals surface area contributed by atoms with Gasteiger partial charge in [0.1, 0.15) is 0 Å². The van der Waals surface area contributed by atoms with Crippen molar-refractivity contribution in [3.63, 3.8) is 0 Å². The Labute approximate surface area is 73.9 Å². The third kappa shape index (κ3) is 136. The molecule has 0 bridgehead atoms. The van der Waals surface area contributed by atoms with Crippen LogP contribution in [-0.2, 0) is 10.4 Å². The predicted molar refractivity (Wildman–Crippen MR) is 14.1 cm³/mol. The fraction of sp³-hybridized carbons (Fsp3) is 0. The molecular formula is H2O5PrS+. The van der Waals surface area contributed by atoms with Crippen LogP contribution in [0.15, 0.2) is 0 Å². The molecule has 0 heterocycles. The van der Waals surface area contributed by atoms with E-state index < -0.39 is 10.4 Å². The molecule has 0 spiro atoms. The molecular weight excluding hydrogens is 253 g/mol. The van der Waals surface area contributed by atoms with Crippen LogP contribution in [0, 0.1) is 41.3 Å². The summed E-state index contributed by atoms with van der Waals surface area (Å²) in [7, 11) is -5.17. The maximum atomic E-state index is 8.52. The maximum Gasteiger partial charge on any atom is 3.00 e. The molecule has 0 aliphatic carbocycles. The Morgan fingerprint density at radius 2 is 1.14 bits per heavy atom. The first kappa shape index (κ1) is 15.7. The molecule has 0 atom stereocenters. The second kappa shape index (κ2) is 5.33. The van der Waals surface area contributed by atoms with Gasteiger partial charge in [-0.1, -0.05) is 0 Å². The Morgan fingerprint density at radius 3 is 1.14 bits per heavy atom. The Kier molecular flexibility index (Phi) is 12.0. The molecule has 0 saturated carbocycles. The van der Waals surface area contributed by atoms with Gasteiger partial charge in [-0.15, -0.1) is 0 Å². The first-order valence-electron chi connectivity index (χ1n) is 0.667. The SMILES string of the molecule is O.O=S(=O)([O-])[O-].[Pr+3]. The van der Waals surface area contributed by atoms with E-state index in [-0.39, 0.29) is 46.8 Å². The zero-order valence-corrected chi connectivity index (χ0v) is 7.64. The third-order valence-corrected chi connectivity index (χ3v) is 0. The average molecular weight is 255 g/mol.